The van der Waals surface area contributed by atoms with Gasteiger partial charge in [0, 0.05) is 0 Å². The summed E-state index contributed by atoms with van der Waals surface area (Å²) in [5, 5.41) is 3.34. The average Bonchev–Trinajstić information content (AvgIpc) is 2.38. The molecule has 0 aromatic heterocycles. The van der Waals surface area contributed by atoms with E-state index in [2.05, 4.69) is 12.2 Å². The van der Waals surface area contributed by atoms with E-state index in [1.165, 1.54) is 0 Å². The van der Waals surface area contributed by atoms with E-state index in [1.807, 2.05) is 37.3 Å². The molecular formula is C14H21F2NO. The highest BCUT2D eigenvalue weighted by molar-refractivity contribution is 5.19. The zero-order valence-electron chi connectivity index (χ0n) is 10.9. The first kappa shape index (κ1) is 15.1. The maximum Gasteiger partial charge on any atom is 0.261 e. The summed E-state index contributed by atoms with van der Waals surface area (Å²) >= 11 is 0. The molecule has 0 aliphatic heterocycles. The van der Waals surface area contributed by atoms with Crippen molar-refractivity contribution in [3.05, 3.63) is 35.9 Å². The van der Waals surface area contributed by atoms with E-state index >= 15 is 0 Å². The molecule has 0 fully saturated rings. The normalized spacial score (nSPS) is 14.7. The van der Waals surface area contributed by atoms with Crippen molar-refractivity contribution in [2.45, 2.75) is 38.8 Å². The highest BCUT2D eigenvalue weighted by Crippen LogP contribution is 2.19. The van der Waals surface area contributed by atoms with Gasteiger partial charge in [-0.15, -0.1) is 0 Å². The third-order valence-electron chi connectivity index (χ3n) is 2.73. The standard InChI is InChI=1S/C14H21F2NO/c1-3-9-17-14(11(2)18-10-13(15)16)12-7-5-4-6-8-12/h4-8,11,13-14,17H,3,9-10H2,1-2H3. The first-order chi connectivity index (χ1) is 8.65. The van der Waals surface area contributed by atoms with Crippen molar-refractivity contribution in [3.8, 4) is 0 Å². The van der Waals surface area contributed by atoms with Crippen LogP contribution in [-0.4, -0.2) is 25.7 Å². The fourth-order valence-electron chi connectivity index (χ4n) is 1.84. The number of hydrogen-bond acceptors (Lipinski definition) is 2. The molecule has 2 unspecified atom stereocenters. The Labute approximate surface area is 107 Å². The van der Waals surface area contributed by atoms with E-state index < -0.39 is 13.0 Å². The van der Waals surface area contributed by atoms with Crippen LogP contribution in [0.4, 0.5) is 8.78 Å². The summed E-state index contributed by atoms with van der Waals surface area (Å²) in [6, 6.07) is 9.73. The molecule has 18 heavy (non-hydrogen) atoms. The van der Waals surface area contributed by atoms with Crippen molar-refractivity contribution >= 4 is 0 Å². The highest BCUT2D eigenvalue weighted by Gasteiger charge is 2.20. The summed E-state index contributed by atoms with van der Waals surface area (Å²) in [4.78, 5) is 0. The second-order valence-electron chi connectivity index (χ2n) is 4.27. The molecule has 0 aliphatic rings. The van der Waals surface area contributed by atoms with E-state index in [0.717, 1.165) is 18.5 Å². The molecule has 0 aliphatic carbocycles. The first-order valence-corrected chi connectivity index (χ1v) is 6.33. The van der Waals surface area contributed by atoms with Gasteiger partial charge in [0.15, 0.2) is 0 Å². The Morgan fingerprint density at radius 3 is 2.44 bits per heavy atom. The number of ether oxygens (including phenoxy) is 1. The third-order valence-corrected chi connectivity index (χ3v) is 2.73. The molecule has 1 rings (SSSR count). The maximum atomic E-state index is 12.2. The summed E-state index contributed by atoms with van der Waals surface area (Å²) in [5.41, 5.74) is 1.06. The molecule has 4 heteroatoms. The van der Waals surface area contributed by atoms with Gasteiger partial charge in [0.25, 0.3) is 6.43 Å². The van der Waals surface area contributed by atoms with E-state index in [-0.39, 0.29) is 12.1 Å². The second kappa shape index (κ2) is 8.16. The highest BCUT2D eigenvalue weighted by atomic mass is 19.3. The van der Waals surface area contributed by atoms with Gasteiger partial charge in [0.1, 0.15) is 6.61 Å². The number of halogens is 2. The molecular weight excluding hydrogens is 236 g/mol. The average molecular weight is 257 g/mol. The largest absolute Gasteiger partial charge is 0.371 e. The second-order valence-corrected chi connectivity index (χ2v) is 4.27. The van der Waals surface area contributed by atoms with Crippen molar-refractivity contribution in [3.63, 3.8) is 0 Å². The SMILES string of the molecule is CCCNC(c1ccccc1)C(C)OCC(F)F. The Morgan fingerprint density at radius 1 is 1.22 bits per heavy atom. The summed E-state index contributed by atoms with van der Waals surface area (Å²) in [6.07, 6.45) is -1.71. The van der Waals surface area contributed by atoms with E-state index in [9.17, 15) is 8.78 Å². The molecule has 0 radical (unpaired) electrons. The van der Waals surface area contributed by atoms with Gasteiger partial charge < -0.3 is 10.1 Å². The van der Waals surface area contributed by atoms with Gasteiger partial charge in [-0.25, -0.2) is 8.78 Å². The van der Waals surface area contributed by atoms with Crippen LogP contribution in [0.1, 0.15) is 31.9 Å². The smallest absolute Gasteiger partial charge is 0.261 e. The van der Waals surface area contributed by atoms with Gasteiger partial charge >= 0.3 is 0 Å². The molecule has 0 bridgehead atoms. The minimum atomic E-state index is -2.42. The Balaban J connectivity index is 2.65. The van der Waals surface area contributed by atoms with Crippen LogP contribution < -0.4 is 5.32 Å². The molecule has 0 saturated carbocycles. The van der Waals surface area contributed by atoms with E-state index in [0.29, 0.717) is 0 Å². The Kier molecular flexibility index (Phi) is 6.83. The van der Waals surface area contributed by atoms with Gasteiger partial charge in [0.05, 0.1) is 12.1 Å². The fraction of sp³-hybridized carbons (Fsp3) is 0.571. The van der Waals surface area contributed by atoms with Crippen molar-refractivity contribution < 1.29 is 13.5 Å². The van der Waals surface area contributed by atoms with E-state index in [4.69, 9.17) is 4.74 Å². The van der Waals surface area contributed by atoms with Gasteiger partial charge in [-0.1, -0.05) is 37.3 Å². The Hall–Kier alpha value is -1.00. The molecule has 0 heterocycles. The zero-order chi connectivity index (χ0) is 13.4. The summed E-state index contributed by atoms with van der Waals surface area (Å²) in [5.74, 6) is 0. The Morgan fingerprint density at radius 2 is 1.89 bits per heavy atom. The number of alkyl halides is 2. The van der Waals surface area contributed by atoms with Crippen LogP contribution in [0, 0.1) is 0 Å². The lowest BCUT2D eigenvalue weighted by Gasteiger charge is -2.25. The van der Waals surface area contributed by atoms with E-state index in [1.54, 1.807) is 0 Å². The number of hydrogen-bond donors (Lipinski definition) is 1. The molecule has 0 amide bonds. The quantitative estimate of drug-likeness (QED) is 0.770. The molecule has 1 aromatic rings. The van der Waals surface area contributed by atoms with Crippen LogP contribution in [0.25, 0.3) is 0 Å². The molecule has 2 nitrogen and oxygen atoms in total. The third kappa shape index (κ3) is 5.10. The van der Waals surface area contributed by atoms with Crippen LogP contribution in [0.5, 0.6) is 0 Å². The van der Waals surface area contributed by atoms with Crippen LogP contribution in [0.3, 0.4) is 0 Å². The first-order valence-electron chi connectivity index (χ1n) is 6.33. The lowest BCUT2D eigenvalue weighted by atomic mass is 10.0. The van der Waals surface area contributed by atoms with Crippen molar-refractivity contribution in [1.82, 2.24) is 5.32 Å². The minimum Gasteiger partial charge on any atom is -0.371 e. The number of benzene rings is 1. The fourth-order valence-corrected chi connectivity index (χ4v) is 1.84. The molecule has 0 saturated heterocycles. The predicted molar refractivity (Wildman–Crippen MR) is 68.9 cm³/mol. The monoisotopic (exact) mass is 257 g/mol. The number of rotatable bonds is 8. The van der Waals surface area contributed by atoms with Crippen LogP contribution in [-0.2, 0) is 4.74 Å². The van der Waals surface area contributed by atoms with Crippen LogP contribution in [0.2, 0.25) is 0 Å². The predicted octanol–water partition coefficient (Wildman–Crippen LogP) is 3.40. The van der Waals surface area contributed by atoms with Gasteiger partial charge in [0.2, 0.25) is 0 Å². The summed E-state index contributed by atoms with van der Waals surface area (Å²) < 4.78 is 29.5. The van der Waals surface area contributed by atoms with Crippen molar-refractivity contribution in [1.29, 1.82) is 0 Å². The lowest BCUT2D eigenvalue weighted by molar-refractivity contribution is -0.0308. The Bertz CT molecular complexity index is 319. The van der Waals surface area contributed by atoms with Crippen LogP contribution >= 0.6 is 0 Å². The van der Waals surface area contributed by atoms with Gasteiger partial charge in [-0.3, -0.25) is 0 Å². The molecule has 102 valence electrons. The zero-order valence-corrected chi connectivity index (χ0v) is 10.9. The molecule has 1 N–H and O–H groups in total. The topological polar surface area (TPSA) is 21.3 Å². The minimum absolute atomic E-state index is 0.0510. The molecule has 0 spiro atoms. The molecule has 2 atom stereocenters. The van der Waals surface area contributed by atoms with Crippen molar-refractivity contribution in [2.24, 2.45) is 0 Å². The van der Waals surface area contributed by atoms with Gasteiger partial charge in [-0.2, -0.15) is 0 Å². The number of nitrogens with one attached hydrogen (secondary N) is 1. The van der Waals surface area contributed by atoms with Gasteiger partial charge in [-0.05, 0) is 25.5 Å². The summed E-state index contributed by atoms with van der Waals surface area (Å²) in [6.45, 7) is 4.21. The lowest BCUT2D eigenvalue weighted by Crippen LogP contribution is -2.33. The van der Waals surface area contributed by atoms with Crippen LogP contribution in [0.15, 0.2) is 30.3 Å². The maximum absolute atomic E-state index is 12.2. The van der Waals surface area contributed by atoms with Crippen molar-refractivity contribution in [2.75, 3.05) is 13.2 Å². The summed E-state index contributed by atoms with van der Waals surface area (Å²) in [7, 11) is 0. The molecule has 1 aromatic carbocycles.